The molecule has 0 bridgehead atoms. The smallest absolute Gasteiger partial charge is 0.345 e. The number of carboxylic acids is 1. The number of hydrogen-bond acceptors (Lipinski definition) is 8. The van der Waals surface area contributed by atoms with Gasteiger partial charge < -0.3 is 14.6 Å². The first-order valence-electron chi connectivity index (χ1n) is 11.6. The van der Waals surface area contributed by atoms with Gasteiger partial charge in [0, 0.05) is 19.1 Å². The van der Waals surface area contributed by atoms with Gasteiger partial charge in [0.25, 0.3) is 0 Å². The molecule has 2 aromatic rings. The first-order valence-corrected chi connectivity index (χ1v) is 14.0. The molecule has 0 aliphatic heterocycles. The zero-order valence-electron chi connectivity index (χ0n) is 20.3. The Morgan fingerprint density at radius 2 is 1.53 bits per heavy atom. The number of fused-ring (bicyclic) bond motifs is 1. The number of carboxylic acid groups (broad SMARTS) is 1. The number of aromatic carboxylic acids is 1. The number of hydrogen-bond donors (Lipinski definition) is 3. The molecule has 0 spiro atoms. The van der Waals surface area contributed by atoms with Gasteiger partial charge in [0.15, 0.2) is 0 Å². The summed E-state index contributed by atoms with van der Waals surface area (Å²) < 4.78 is 11.6. The molecule has 0 saturated heterocycles. The van der Waals surface area contributed by atoms with Crippen molar-refractivity contribution < 1.29 is 29.0 Å². The number of esters is 2. The third kappa shape index (κ3) is 8.95. The number of unbranched alkanes of at least 4 members (excludes halogenated alkanes) is 2. The molecule has 0 aliphatic carbocycles. The van der Waals surface area contributed by atoms with Crippen LogP contribution >= 0.6 is 19.6 Å². The SMILES string of the molecule is CCCCOC(=O)C(C)NP(Cc1ccc2sc(C(=O)O)cc2c1)NC(C)C(=O)OCCCC. The van der Waals surface area contributed by atoms with E-state index in [9.17, 15) is 19.5 Å². The molecule has 188 valence electrons. The van der Waals surface area contributed by atoms with Crippen LogP contribution in [0.5, 0.6) is 0 Å². The molecule has 1 heterocycles. The number of carbonyl (C=O) groups is 3. The van der Waals surface area contributed by atoms with Crippen molar-refractivity contribution >= 4 is 47.6 Å². The average Bonchev–Trinajstić information content (AvgIpc) is 3.23. The standard InChI is InChI=1S/C24H35N2O6PS/c1-5-7-11-31-23(29)16(3)25-33(26-17(4)24(30)32-12-8-6-2)15-18-9-10-20-19(13-18)14-21(34-20)22(27)28/h9-10,13-14,16-17,25-26H,5-8,11-12,15H2,1-4H3,(H,27,28). The summed E-state index contributed by atoms with van der Waals surface area (Å²) in [7, 11) is -1.19. The van der Waals surface area contributed by atoms with E-state index in [0.717, 1.165) is 41.3 Å². The van der Waals surface area contributed by atoms with Gasteiger partial charge in [0.05, 0.1) is 13.2 Å². The summed E-state index contributed by atoms with van der Waals surface area (Å²) in [6.45, 7) is 8.32. The maximum absolute atomic E-state index is 12.4. The lowest BCUT2D eigenvalue weighted by molar-refractivity contribution is -0.145. The molecule has 1 aromatic carbocycles. The quantitative estimate of drug-likeness (QED) is 0.173. The van der Waals surface area contributed by atoms with E-state index in [1.165, 1.54) is 11.3 Å². The number of benzene rings is 1. The fourth-order valence-electron chi connectivity index (χ4n) is 3.06. The average molecular weight is 511 g/mol. The van der Waals surface area contributed by atoms with Gasteiger partial charge in [-0.05, 0) is 55.8 Å². The summed E-state index contributed by atoms with van der Waals surface area (Å²) in [4.78, 5) is 36.4. The molecule has 2 unspecified atom stereocenters. The Balaban J connectivity index is 2.13. The Morgan fingerprint density at radius 3 is 2.03 bits per heavy atom. The van der Waals surface area contributed by atoms with Gasteiger partial charge in [0.1, 0.15) is 17.0 Å². The van der Waals surface area contributed by atoms with Crippen molar-refractivity contribution in [3.8, 4) is 0 Å². The van der Waals surface area contributed by atoms with Gasteiger partial charge in [-0.25, -0.2) is 4.79 Å². The highest BCUT2D eigenvalue weighted by Crippen LogP contribution is 2.35. The normalized spacial score (nSPS) is 13.9. The van der Waals surface area contributed by atoms with Crippen molar-refractivity contribution in [2.75, 3.05) is 13.2 Å². The van der Waals surface area contributed by atoms with Crippen LogP contribution in [-0.2, 0) is 25.2 Å². The highest BCUT2D eigenvalue weighted by Gasteiger charge is 2.24. The second-order valence-corrected chi connectivity index (χ2v) is 10.9. The van der Waals surface area contributed by atoms with Crippen LogP contribution in [0.25, 0.3) is 10.1 Å². The highest BCUT2D eigenvalue weighted by molar-refractivity contribution is 7.52. The van der Waals surface area contributed by atoms with E-state index >= 15 is 0 Å². The number of thiophene rings is 1. The van der Waals surface area contributed by atoms with E-state index in [1.54, 1.807) is 19.9 Å². The fraction of sp³-hybridized carbons (Fsp3) is 0.542. The minimum absolute atomic E-state index is 0.289. The van der Waals surface area contributed by atoms with Crippen molar-refractivity contribution in [3.63, 3.8) is 0 Å². The predicted octanol–water partition coefficient (Wildman–Crippen LogP) is 5.05. The molecule has 0 fully saturated rings. The van der Waals surface area contributed by atoms with E-state index in [2.05, 4.69) is 10.2 Å². The lowest BCUT2D eigenvalue weighted by Crippen LogP contribution is -2.40. The summed E-state index contributed by atoms with van der Waals surface area (Å²) in [6.07, 6.45) is 4.03. The van der Waals surface area contributed by atoms with Crippen molar-refractivity contribution in [1.82, 2.24) is 10.2 Å². The van der Waals surface area contributed by atoms with Crippen molar-refractivity contribution in [2.24, 2.45) is 0 Å². The third-order valence-corrected chi connectivity index (χ3v) is 8.21. The Labute approximate surface area is 206 Å². The molecule has 1 aromatic heterocycles. The van der Waals surface area contributed by atoms with Crippen LogP contribution in [0.3, 0.4) is 0 Å². The fourth-order valence-corrected chi connectivity index (χ4v) is 5.91. The Bertz CT molecular complexity index is 936. The molecule has 0 amide bonds. The first-order chi connectivity index (χ1) is 16.2. The number of carbonyl (C=O) groups excluding carboxylic acids is 2. The Kier molecular flexibility index (Phi) is 11.9. The largest absolute Gasteiger partial charge is 0.477 e. The monoisotopic (exact) mass is 510 g/mol. The molecule has 8 nitrogen and oxygen atoms in total. The zero-order valence-corrected chi connectivity index (χ0v) is 22.0. The minimum atomic E-state index is -1.19. The summed E-state index contributed by atoms with van der Waals surface area (Å²) in [6, 6.07) is 6.35. The van der Waals surface area contributed by atoms with Crippen LogP contribution in [0.2, 0.25) is 0 Å². The van der Waals surface area contributed by atoms with Crippen LogP contribution in [0.1, 0.15) is 68.6 Å². The van der Waals surface area contributed by atoms with E-state index in [-0.39, 0.29) is 16.8 Å². The van der Waals surface area contributed by atoms with E-state index in [1.807, 2.05) is 32.0 Å². The zero-order chi connectivity index (χ0) is 25.1. The molecular formula is C24H35N2O6PS. The molecule has 0 radical (unpaired) electrons. The summed E-state index contributed by atoms with van der Waals surface area (Å²) in [5.41, 5.74) is 0.964. The molecule has 2 atom stereocenters. The summed E-state index contributed by atoms with van der Waals surface area (Å²) in [5, 5.41) is 16.7. The number of ether oxygens (including phenoxy) is 2. The van der Waals surface area contributed by atoms with Gasteiger partial charge in [-0.1, -0.05) is 32.8 Å². The maximum atomic E-state index is 12.4. The van der Waals surface area contributed by atoms with E-state index < -0.39 is 26.3 Å². The highest BCUT2D eigenvalue weighted by atomic mass is 32.1. The molecule has 0 aliphatic rings. The van der Waals surface area contributed by atoms with Crippen LogP contribution in [0.4, 0.5) is 0 Å². The van der Waals surface area contributed by atoms with Crippen LogP contribution in [0.15, 0.2) is 24.3 Å². The van der Waals surface area contributed by atoms with Gasteiger partial charge in [-0.3, -0.25) is 19.8 Å². The molecule has 2 rings (SSSR count). The van der Waals surface area contributed by atoms with Crippen LogP contribution in [0, 0.1) is 0 Å². The number of nitrogens with one attached hydrogen (secondary N) is 2. The first kappa shape index (κ1) is 28.2. The van der Waals surface area contributed by atoms with E-state index in [0.29, 0.717) is 19.4 Å². The molecular weight excluding hydrogens is 475 g/mol. The predicted molar refractivity (Wildman–Crippen MR) is 136 cm³/mol. The van der Waals surface area contributed by atoms with Crippen molar-refractivity contribution in [2.45, 2.75) is 71.6 Å². The van der Waals surface area contributed by atoms with Crippen molar-refractivity contribution in [1.29, 1.82) is 0 Å². The maximum Gasteiger partial charge on any atom is 0.345 e. The molecule has 34 heavy (non-hydrogen) atoms. The van der Waals surface area contributed by atoms with Gasteiger partial charge in [-0.15, -0.1) is 11.3 Å². The molecule has 3 N–H and O–H groups in total. The molecule has 10 heteroatoms. The summed E-state index contributed by atoms with van der Waals surface area (Å²) in [5.74, 6) is -1.61. The molecule has 0 saturated carbocycles. The Hall–Kier alpha value is -2.06. The van der Waals surface area contributed by atoms with Gasteiger partial charge >= 0.3 is 17.9 Å². The summed E-state index contributed by atoms with van der Waals surface area (Å²) >= 11 is 1.23. The van der Waals surface area contributed by atoms with Crippen molar-refractivity contribution in [3.05, 3.63) is 34.7 Å². The lowest BCUT2D eigenvalue weighted by Gasteiger charge is -2.26. The van der Waals surface area contributed by atoms with Crippen LogP contribution < -0.4 is 10.2 Å². The topological polar surface area (TPSA) is 114 Å². The van der Waals surface area contributed by atoms with E-state index in [4.69, 9.17) is 9.47 Å². The van der Waals surface area contributed by atoms with Gasteiger partial charge in [0.2, 0.25) is 0 Å². The second-order valence-electron chi connectivity index (χ2n) is 8.12. The number of rotatable bonds is 15. The van der Waals surface area contributed by atoms with Crippen LogP contribution in [-0.4, -0.2) is 48.3 Å². The third-order valence-electron chi connectivity index (χ3n) is 5.02. The van der Waals surface area contributed by atoms with Gasteiger partial charge in [-0.2, -0.15) is 0 Å². The lowest BCUT2D eigenvalue weighted by atomic mass is 10.2. The Morgan fingerprint density at radius 1 is 0.971 bits per heavy atom. The minimum Gasteiger partial charge on any atom is -0.477 e. The second kappa shape index (κ2) is 14.4.